The number of hydrogen-bond donors (Lipinski definition) is 1. The third-order valence-corrected chi connectivity index (χ3v) is 6.22. The number of aromatic nitrogens is 3. The van der Waals surface area contributed by atoms with Crippen molar-refractivity contribution < 1.29 is 9.84 Å². The van der Waals surface area contributed by atoms with E-state index in [1.54, 1.807) is 7.11 Å². The van der Waals surface area contributed by atoms with E-state index in [4.69, 9.17) is 19.7 Å². The fraction of sp³-hybridized carbons (Fsp3) is 0.207. The third-order valence-electron chi connectivity index (χ3n) is 6.22. The molecule has 34 heavy (non-hydrogen) atoms. The van der Waals surface area contributed by atoms with Crippen LogP contribution in [-0.4, -0.2) is 27.2 Å². The van der Waals surface area contributed by atoms with Gasteiger partial charge in [-0.25, -0.2) is 15.0 Å². The van der Waals surface area contributed by atoms with E-state index in [1.807, 2.05) is 60.7 Å². The SMILES string of the molecule is COc1ccc(C(O)C2C=CC(c3nc(C4=CC=CCC4)nc(-c4ccccc4)n3)=CC2)cc1. The fourth-order valence-electron chi connectivity index (χ4n) is 4.24. The molecule has 0 aliphatic heterocycles. The van der Waals surface area contributed by atoms with Crippen molar-refractivity contribution in [2.45, 2.75) is 25.4 Å². The van der Waals surface area contributed by atoms with Crippen molar-refractivity contribution in [3.8, 4) is 17.1 Å². The van der Waals surface area contributed by atoms with E-state index in [9.17, 15) is 5.11 Å². The molecule has 1 heterocycles. The first-order valence-corrected chi connectivity index (χ1v) is 11.6. The zero-order chi connectivity index (χ0) is 23.3. The summed E-state index contributed by atoms with van der Waals surface area (Å²) < 4.78 is 5.22. The van der Waals surface area contributed by atoms with Crippen LogP contribution < -0.4 is 4.74 Å². The second-order valence-corrected chi connectivity index (χ2v) is 8.47. The van der Waals surface area contributed by atoms with Crippen LogP contribution in [0.25, 0.3) is 22.5 Å². The van der Waals surface area contributed by atoms with Crippen LogP contribution in [0.2, 0.25) is 0 Å². The molecule has 2 aliphatic rings. The predicted molar refractivity (Wildman–Crippen MR) is 135 cm³/mol. The molecule has 0 radical (unpaired) electrons. The molecule has 2 aliphatic carbocycles. The highest BCUT2D eigenvalue weighted by atomic mass is 16.5. The van der Waals surface area contributed by atoms with Crippen molar-refractivity contribution in [2.75, 3.05) is 7.11 Å². The predicted octanol–water partition coefficient (Wildman–Crippen LogP) is 5.97. The molecule has 0 fully saturated rings. The number of nitrogens with zero attached hydrogens (tertiary/aromatic N) is 3. The zero-order valence-electron chi connectivity index (χ0n) is 19.1. The first kappa shape index (κ1) is 22.0. The summed E-state index contributed by atoms with van der Waals surface area (Å²) >= 11 is 0. The molecule has 2 aromatic carbocycles. The van der Waals surface area contributed by atoms with Gasteiger partial charge in [0, 0.05) is 17.1 Å². The molecular weight excluding hydrogens is 422 g/mol. The van der Waals surface area contributed by atoms with Gasteiger partial charge < -0.3 is 9.84 Å². The Hall–Kier alpha value is -3.83. The third kappa shape index (κ3) is 4.75. The first-order valence-electron chi connectivity index (χ1n) is 11.6. The maximum absolute atomic E-state index is 10.9. The van der Waals surface area contributed by atoms with E-state index < -0.39 is 6.10 Å². The van der Waals surface area contributed by atoms with Gasteiger partial charge in [-0.05, 0) is 42.5 Å². The van der Waals surface area contributed by atoms with Crippen molar-refractivity contribution in [1.82, 2.24) is 15.0 Å². The van der Waals surface area contributed by atoms with Crippen molar-refractivity contribution in [3.05, 3.63) is 108 Å². The monoisotopic (exact) mass is 449 g/mol. The summed E-state index contributed by atoms with van der Waals surface area (Å²) in [5, 5.41) is 10.9. The summed E-state index contributed by atoms with van der Waals surface area (Å²) in [4.78, 5) is 14.4. The standard InChI is InChI=1S/C29H27N3O2/c1-34-25-18-16-21(17-19-25)26(33)20-12-14-24(15-13-20)29-31-27(22-8-4-2-5-9-22)30-28(32-29)23-10-6-3-7-11-23/h2-6,8-10,12,14-20,26,33H,7,11,13H2,1H3. The molecule has 3 aromatic rings. The lowest BCUT2D eigenvalue weighted by Gasteiger charge is -2.22. The maximum Gasteiger partial charge on any atom is 0.164 e. The summed E-state index contributed by atoms with van der Waals surface area (Å²) in [6.45, 7) is 0. The van der Waals surface area contributed by atoms with Gasteiger partial charge in [0.1, 0.15) is 5.75 Å². The normalized spacial score (nSPS) is 18.2. The molecule has 5 nitrogen and oxygen atoms in total. The van der Waals surface area contributed by atoms with Crippen LogP contribution in [0, 0.1) is 5.92 Å². The van der Waals surface area contributed by atoms with Crippen LogP contribution in [0.4, 0.5) is 0 Å². The number of ether oxygens (including phenoxy) is 1. The molecule has 2 unspecified atom stereocenters. The summed E-state index contributed by atoms with van der Waals surface area (Å²) in [6.07, 6.45) is 14.5. The van der Waals surface area contributed by atoms with Gasteiger partial charge in [-0.15, -0.1) is 0 Å². The Balaban J connectivity index is 1.43. The van der Waals surface area contributed by atoms with E-state index in [1.165, 1.54) is 0 Å². The molecule has 1 N–H and O–H groups in total. The largest absolute Gasteiger partial charge is 0.497 e. The summed E-state index contributed by atoms with van der Waals surface area (Å²) in [6, 6.07) is 17.6. The van der Waals surface area contributed by atoms with Crippen molar-refractivity contribution in [1.29, 1.82) is 0 Å². The highest BCUT2D eigenvalue weighted by Gasteiger charge is 2.22. The number of aliphatic hydroxyl groups is 1. The lowest BCUT2D eigenvalue weighted by atomic mass is 9.88. The maximum atomic E-state index is 10.9. The number of rotatable bonds is 6. The van der Waals surface area contributed by atoms with Gasteiger partial charge in [-0.1, -0.05) is 78.9 Å². The number of benzene rings is 2. The lowest BCUT2D eigenvalue weighted by Crippen LogP contribution is -2.13. The van der Waals surface area contributed by atoms with Crippen molar-refractivity contribution >= 4 is 11.1 Å². The van der Waals surface area contributed by atoms with Crippen LogP contribution in [0.3, 0.4) is 0 Å². The number of allylic oxidation sites excluding steroid dienone is 7. The van der Waals surface area contributed by atoms with E-state index in [0.29, 0.717) is 18.1 Å². The quantitative estimate of drug-likeness (QED) is 0.502. The molecule has 0 bridgehead atoms. The second kappa shape index (κ2) is 9.98. The Bertz CT molecular complexity index is 1270. The Kier molecular flexibility index (Phi) is 6.45. The minimum Gasteiger partial charge on any atom is -0.497 e. The lowest BCUT2D eigenvalue weighted by molar-refractivity contribution is 0.132. The molecule has 0 spiro atoms. The number of hydrogen-bond acceptors (Lipinski definition) is 5. The summed E-state index contributed by atoms with van der Waals surface area (Å²) in [5.74, 6) is 2.82. The molecule has 170 valence electrons. The van der Waals surface area contributed by atoms with E-state index in [0.717, 1.165) is 46.7 Å². The van der Waals surface area contributed by atoms with E-state index in [-0.39, 0.29) is 5.92 Å². The zero-order valence-corrected chi connectivity index (χ0v) is 19.1. The smallest absolute Gasteiger partial charge is 0.164 e. The van der Waals surface area contributed by atoms with Gasteiger partial charge in [0.25, 0.3) is 0 Å². The van der Waals surface area contributed by atoms with Crippen molar-refractivity contribution in [2.24, 2.45) is 5.92 Å². The minimum atomic E-state index is -0.590. The molecular formula is C29H27N3O2. The van der Waals surface area contributed by atoms with Crippen LogP contribution in [0.5, 0.6) is 5.75 Å². The van der Waals surface area contributed by atoms with Gasteiger partial charge >= 0.3 is 0 Å². The Morgan fingerprint density at radius 2 is 1.71 bits per heavy atom. The summed E-state index contributed by atoms with van der Waals surface area (Å²) in [5.41, 5.74) is 3.91. The molecule has 0 saturated carbocycles. The average Bonchev–Trinajstić information content (AvgIpc) is 2.93. The van der Waals surface area contributed by atoms with E-state index >= 15 is 0 Å². The summed E-state index contributed by atoms with van der Waals surface area (Å²) in [7, 11) is 1.64. The second-order valence-electron chi connectivity index (χ2n) is 8.47. The van der Waals surface area contributed by atoms with Crippen LogP contribution in [0.1, 0.15) is 42.6 Å². The topological polar surface area (TPSA) is 68.1 Å². The fourth-order valence-corrected chi connectivity index (χ4v) is 4.24. The Labute approximate surface area is 199 Å². The molecule has 0 saturated heterocycles. The highest BCUT2D eigenvalue weighted by Crippen LogP contribution is 2.33. The molecule has 2 atom stereocenters. The minimum absolute atomic E-state index is 0.0155. The Morgan fingerprint density at radius 3 is 2.38 bits per heavy atom. The van der Waals surface area contributed by atoms with Gasteiger partial charge in [0.2, 0.25) is 0 Å². The van der Waals surface area contributed by atoms with Crippen LogP contribution in [0.15, 0.2) is 91.1 Å². The van der Waals surface area contributed by atoms with Gasteiger partial charge in [-0.3, -0.25) is 0 Å². The number of aliphatic hydroxyl groups excluding tert-OH is 1. The number of methoxy groups -OCH3 is 1. The van der Waals surface area contributed by atoms with Crippen molar-refractivity contribution in [3.63, 3.8) is 0 Å². The average molecular weight is 450 g/mol. The van der Waals surface area contributed by atoms with Crippen LogP contribution >= 0.6 is 0 Å². The first-order chi connectivity index (χ1) is 16.7. The van der Waals surface area contributed by atoms with E-state index in [2.05, 4.69) is 30.4 Å². The highest BCUT2D eigenvalue weighted by molar-refractivity contribution is 5.74. The molecule has 0 amide bonds. The molecule has 1 aromatic heterocycles. The Morgan fingerprint density at radius 1 is 0.941 bits per heavy atom. The van der Waals surface area contributed by atoms with Gasteiger partial charge in [0.15, 0.2) is 17.5 Å². The molecule has 5 rings (SSSR count). The van der Waals surface area contributed by atoms with Gasteiger partial charge in [0.05, 0.1) is 13.2 Å². The van der Waals surface area contributed by atoms with Gasteiger partial charge in [-0.2, -0.15) is 0 Å². The molecule has 5 heteroatoms. The van der Waals surface area contributed by atoms with Crippen LogP contribution in [-0.2, 0) is 0 Å².